The third-order valence-electron chi connectivity index (χ3n) is 8.48. The Morgan fingerprint density at radius 2 is 1.54 bits per heavy atom. The first-order valence-corrected chi connectivity index (χ1v) is 20.1. The SMILES string of the molecule is CCCCCCCCCCCCCCCC[C@H]1CO[C@H](COC(=O)NCCCC[n+]2ccsc2)C1.Cc1ccc(S(=O)(=O)[O-])cc1. The Kier molecular flexibility index (Phi) is 21.9. The quantitative estimate of drug-likeness (QED) is 0.0715. The lowest BCUT2D eigenvalue weighted by Gasteiger charge is -2.11. The molecule has 2 atom stereocenters. The van der Waals surface area contributed by atoms with Crippen molar-refractivity contribution in [1.82, 2.24) is 5.32 Å². The van der Waals surface area contributed by atoms with E-state index in [4.69, 9.17) is 9.47 Å². The molecule has 1 aliphatic heterocycles. The van der Waals surface area contributed by atoms with Crippen LogP contribution in [-0.2, 0) is 26.1 Å². The number of hydrogen-bond donors (Lipinski definition) is 1. The summed E-state index contributed by atoms with van der Waals surface area (Å²) in [6.45, 7) is 6.98. The molecule has 1 saturated heterocycles. The molecule has 0 bridgehead atoms. The molecule has 8 nitrogen and oxygen atoms in total. The van der Waals surface area contributed by atoms with Gasteiger partial charge in [-0.25, -0.2) is 13.2 Å². The van der Waals surface area contributed by atoms with E-state index in [1.807, 2.05) is 6.92 Å². The lowest BCUT2D eigenvalue weighted by molar-refractivity contribution is -0.692. The summed E-state index contributed by atoms with van der Waals surface area (Å²) < 4.78 is 44.6. The average Bonchev–Trinajstić information content (AvgIpc) is 3.73. The minimum absolute atomic E-state index is 0.0763. The molecule has 0 unspecified atom stereocenters. The number of hydrogen-bond acceptors (Lipinski definition) is 7. The highest BCUT2D eigenvalue weighted by molar-refractivity contribution is 7.85. The maximum atomic E-state index is 11.9. The number of aryl methyl sites for hydroxylation is 2. The van der Waals surface area contributed by atoms with Crippen molar-refractivity contribution >= 4 is 27.5 Å². The van der Waals surface area contributed by atoms with Crippen LogP contribution < -0.4 is 9.88 Å². The molecular weight excluding hydrogens is 621 g/mol. The van der Waals surface area contributed by atoms with Crippen LogP contribution in [0.2, 0.25) is 0 Å². The van der Waals surface area contributed by atoms with Gasteiger partial charge in [0.2, 0.25) is 5.51 Å². The van der Waals surface area contributed by atoms with Gasteiger partial charge in [-0.1, -0.05) is 126 Å². The summed E-state index contributed by atoms with van der Waals surface area (Å²) in [7, 11) is -4.27. The minimum Gasteiger partial charge on any atom is -0.744 e. The van der Waals surface area contributed by atoms with E-state index < -0.39 is 10.1 Å². The number of rotatable bonds is 23. The zero-order valence-corrected chi connectivity index (χ0v) is 30.1. The number of ether oxygens (including phenoxy) is 2. The molecule has 2 heterocycles. The van der Waals surface area contributed by atoms with Gasteiger partial charge in [0, 0.05) is 13.0 Å². The lowest BCUT2D eigenvalue weighted by Crippen LogP contribution is -2.31. The first-order chi connectivity index (χ1) is 22.3. The summed E-state index contributed by atoms with van der Waals surface area (Å²) in [5, 5.41) is 4.93. The summed E-state index contributed by atoms with van der Waals surface area (Å²) in [6.07, 6.45) is 25.8. The van der Waals surface area contributed by atoms with Crippen molar-refractivity contribution in [2.45, 2.75) is 147 Å². The molecule has 1 amide bonds. The second-order valence-electron chi connectivity index (χ2n) is 12.7. The fourth-order valence-electron chi connectivity index (χ4n) is 5.65. The third-order valence-corrected chi connectivity index (χ3v) is 10.0. The van der Waals surface area contributed by atoms with Crippen molar-refractivity contribution in [2.75, 3.05) is 19.8 Å². The van der Waals surface area contributed by atoms with Crippen LogP contribution in [0.5, 0.6) is 0 Å². The van der Waals surface area contributed by atoms with Crippen LogP contribution in [0, 0.1) is 12.8 Å². The molecule has 1 N–H and O–H groups in total. The molecular formula is C36H60N2O6S2. The number of nitrogens with one attached hydrogen (secondary N) is 1. The highest BCUT2D eigenvalue weighted by Gasteiger charge is 2.26. The molecule has 3 rings (SSSR count). The van der Waals surface area contributed by atoms with Crippen LogP contribution in [0.4, 0.5) is 4.79 Å². The molecule has 10 heteroatoms. The second kappa shape index (κ2) is 25.1. The van der Waals surface area contributed by atoms with Gasteiger partial charge in [-0.15, -0.1) is 0 Å². The monoisotopic (exact) mass is 680 g/mol. The summed E-state index contributed by atoms with van der Waals surface area (Å²) in [6, 6.07) is 5.78. The first kappa shape index (κ1) is 40.2. The van der Waals surface area contributed by atoms with E-state index in [9.17, 15) is 17.8 Å². The summed E-state index contributed by atoms with van der Waals surface area (Å²) >= 11 is 1.70. The molecule has 1 aliphatic rings. The number of thiazole rings is 1. The fraction of sp³-hybridized carbons (Fsp3) is 0.722. The molecule has 0 aliphatic carbocycles. The van der Waals surface area contributed by atoms with Crippen molar-refractivity contribution in [2.24, 2.45) is 5.92 Å². The van der Waals surface area contributed by atoms with Gasteiger partial charge >= 0.3 is 6.09 Å². The van der Waals surface area contributed by atoms with E-state index in [0.29, 0.717) is 19.1 Å². The van der Waals surface area contributed by atoms with Gasteiger partial charge in [-0.2, -0.15) is 4.57 Å². The Balaban J connectivity index is 0.000000562. The topological polar surface area (TPSA) is 109 Å². The zero-order valence-electron chi connectivity index (χ0n) is 28.5. The van der Waals surface area contributed by atoms with E-state index in [2.05, 4.69) is 33.9 Å². The molecule has 262 valence electrons. The summed E-state index contributed by atoms with van der Waals surface area (Å²) in [5.74, 6) is 0.638. The van der Waals surface area contributed by atoms with E-state index in [1.54, 1.807) is 23.5 Å². The highest BCUT2D eigenvalue weighted by atomic mass is 32.2. The second-order valence-corrected chi connectivity index (χ2v) is 14.8. The van der Waals surface area contributed by atoms with Crippen molar-refractivity contribution in [3.8, 4) is 0 Å². The number of aromatic nitrogens is 1. The number of alkyl carbamates (subject to hydrolysis) is 1. The Morgan fingerprint density at radius 1 is 0.935 bits per heavy atom. The number of carbonyl (C=O) groups is 1. The molecule has 1 aromatic heterocycles. The van der Waals surface area contributed by atoms with Crippen molar-refractivity contribution in [1.29, 1.82) is 0 Å². The molecule has 46 heavy (non-hydrogen) atoms. The van der Waals surface area contributed by atoms with Crippen molar-refractivity contribution < 1.29 is 31.8 Å². The van der Waals surface area contributed by atoms with Crippen LogP contribution in [0.1, 0.15) is 128 Å². The third kappa shape index (κ3) is 20.3. The predicted octanol–water partition coefficient (Wildman–Crippen LogP) is 8.72. The minimum atomic E-state index is -4.27. The van der Waals surface area contributed by atoms with Gasteiger partial charge in [0.25, 0.3) is 0 Å². The van der Waals surface area contributed by atoms with Gasteiger partial charge in [-0.05, 0) is 44.2 Å². The fourth-order valence-corrected chi connectivity index (χ4v) is 6.75. The molecule has 0 radical (unpaired) electrons. The van der Waals surface area contributed by atoms with E-state index in [-0.39, 0.29) is 17.1 Å². The van der Waals surface area contributed by atoms with Crippen LogP contribution >= 0.6 is 11.3 Å². The van der Waals surface area contributed by atoms with Gasteiger partial charge in [-0.3, -0.25) is 0 Å². The standard InChI is InChI=1S/C29H52N2O3S.C7H8O3S/c1-2-3-4-5-6-7-8-9-10-11-12-13-14-15-18-27-23-28(33-24-27)25-34-29(32)30-19-16-17-20-31-21-22-35-26-31;1-6-2-4-7(5-3-6)11(8,9)10/h21-22,26-28H,2-20,23-25H2,1H3;2-5H,1H3,(H,8,9,10)/t27-,28+;/m1./s1. The maximum Gasteiger partial charge on any atom is 0.407 e. The normalized spacial score (nSPS) is 16.2. The number of benzene rings is 1. The Bertz CT molecular complexity index is 1130. The van der Waals surface area contributed by atoms with Crippen molar-refractivity contribution in [3.05, 3.63) is 46.9 Å². The zero-order chi connectivity index (χ0) is 33.3. The van der Waals surface area contributed by atoms with Gasteiger partial charge in [0.05, 0.1) is 23.0 Å². The lowest BCUT2D eigenvalue weighted by atomic mass is 9.97. The first-order valence-electron chi connectivity index (χ1n) is 17.7. The largest absolute Gasteiger partial charge is 0.744 e. The summed E-state index contributed by atoms with van der Waals surface area (Å²) in [4.78, 5) is 11.7. The van der Waals surface area contributed by atoms with Crippen LogP contribution in [0.25, 0.3) is 0 Å². The van der Waals surface area contributed by atoms with E-state index >= 15 is 0 Å². The van der Waals surface area contributed by atoms with Gasteiger partial charge < -0.3 is 19.3 Å². The molecule has 1 fully saturated rings. The number of amides is 1. The van der Waals surface area contributed by atoms with Crippen LogP contribution in [0.15, 0.2) is 46.2 Å². The van der Waals surface area contributed by atoms with Gasteiger partial charge in [0.15, 0.2) is 6.20 Å². The molecule has 0 saturated carbocycles. The Labute approximate surface area is 283 Å². The van der Waals surface area contributed by atoms with Gasteiger partial charge in [0.1, 0.15) is 23.3 Å². The Morgan fingerprint density at radius 3 is 2.11 bits per heavy atom. The van der Waals surface area contributed by atoms with E-state index in [1.165, 1.54) is 108 Å². The Hall–Kier alpha value is -2.01. The number of nitrogens with zero attached hydrogens (tertiary/aromatic N) is 1. The van der Waals surface area contributed by atoms with Crippen LogP contribution in [0.3, 0.4) is 0 Å². The molecule has 0 spiro atoms. The molecule has 2 aromatic rings. The summed E-state index contributed by atoms with van der Waals surface area (Å²) in [5.41, 5.74) is 3.04. The highest BCUT2D eigenvalue weighted by Crippen LogP contribution is 2.25. The van der Waals surface area contributed by atoms with Crippen LogP contribution in [-0.4, -0.2) is 44.9 Å². The van der Waals surface area contributed by atoms with E-state index in [0.717, 1.165) is 38.0 Å². The predicted molar refractivity (Wildman–Crippen MR) is 185 cm³/mol. The number of unbranched alkanes of at least 4 members (excludes halogenated alkanes) is 14. The van der Waals surface area contributed by atoms with Crippen molar-refractivity contribution in [3.63, 3.8) is 0 Å². The smallest absolute Gasteiger partial charge is 0.407 e. The maximum absolute atomic E-state index is 11.9. The number of carbonyl (C=O) groups excluding carboxylic acids is 1. The molecule has 1 aromatic carbocycles. The average molecular weight is 681 g/mol.